The number of nitrogens with one attached hydrogen (secondary N) is 1. The fraction of sp³-hybridized carbons (Fsp3) is 0.957. The summed E-state index contributed by atoms with van der Waals surface area (Å²) in [5.41, 5.74) is 27.5. The number of rotatable bonds is 7. The first-order chi connectivity index (χ1) is 19.3. The maximum atomic E-state index is 14.9. The van der Waals surface area contributed by atoms with Crippen molar-refractivity contribution in [2.45, 2.75) is 117 Å². The van der Waals surface area contributed by atoms with Crippen molar-refractivity contribution in [1.82, 2.24) is 5.32 Å². The van der Waals surface area contributed by atoms with Gasteiger partial charge in [-0.2, -0.15) is 0 Å². The summed E-state index contributed by atoms with van der Waals surface area (Å²) in [7, 11) is 1.53. The average Bonchev–Trinajstić information content (AvgIpc) is 2.93. The lowest BCUT2D eigenvalue weighted by molar-refractivity contribution is -0.372. The lowest BCUT2D eigenvalue weighted by Gasteiger charge is -2.53. The van der Waals surface area contributed by atoms with Gasteiger partial charge in [-0.15, -0.1) is 0 Å². The highest BCUT2D eigenvalue weighted by molar-refractivity contribution is 5.76. The second-order valence-electron chi connectivity index (χ2n) is 11.2. The van der Waals surface area contributed by atoms with Crippen LogP contribution in [0.15, 0.2) is 4.99 Å². The number of alkyl halides is 1. The zero-order valence-corrected chi connectivity index (χ0v) is 22.7. The van der Waals surface area contributed by atoms with Gasteiger partial charge in [-0.1, -0.05) is 0 Å². The lowest BCUT2D eigenvalue weighted by Crippen LogP contribution is -2.71. The quantitative estimate of drug-likeness (QED) is 0.0960. The van der Waals surface area contributed by atoms with Gasteiger partial charge >= 0.3 is 0 Å². The van der Waals surface area contributed by atoms with Gasteiger partial charge in [0.05, 0.1) is 25.3 Å². The van der Waals surface area contributed by atoms with Gasteiger partial charge in [0.15, 0.2) is 31.0 Å². The Morgan fingerprint density at radius 3 is 2.34 bits per heavy atom. The van der Waals surface area contributed by atoms with Crippen molar-refractivity contribution in [3.8, 4) is 0 Å². The summed E-state index contributed by atoms with van der Waals surface area (Å²) in [5.74, 6) is -0.372. The molecule has 0 bridgehead atoms. The fourth-order valence-corrected chi connectivity index (χ4v) is 5.91. The third-order valence-corrected chi connectivity index (χ3v) is 8.35. The molecule has 1 saturated carbocycles. The summed E-state index contributed by atoms with van der Waals surface area (Å²) >= 11 is 0. The standard InChI is InChI=1S/C23H44FN7O10/c1-30-13-18(36)23(3-2-7(25)19(41-23)39-17-9(27)4-8(26)14(33)11(17)24)6-37-20(13)40-21-16(35)15(34)12(31-22(28)29)10(5-32)38-21/h7-21,30,32-36H,2-6,25-27H2,1H3,(H4,28,29,31)/t7?,8-,9?,10?,11-,12-,13?,14?,15?,16?,17-,18?,19+,20?,21-,23?/m1/s1. The zero-order chi connectivity index (χ0) is 30.2. The highest BCUT2D eigenvalue weighted by Gasteiger charge is 2.57. The minimum Gasteiger partial charge on any atom is -0.394 e. The van der Waals surface area contributed by atoms with Crippen LogP contribution in [0.1, 0.15) is 19.3 Å². The molecular weight excluding hydrogens is 553 g/mol. The molecule has 0 aromatic rings. The predicted molar refractivity (Wildman–Crippen MR) is 138 cm³/mol. The van der Waals surface area contributed by atoms with Crippen molar-refractivity contribution >= 4 is 5.96 Å². The molecule has 4 fully saturated rings. The molecule has 1 spiro atoms. The van der Waals surface area contributed by atoms with Crippen LogP contribution >= 0.6 is 0 Å². The van der Waals surface area contributed by atoms with Crippen molar-refractivity contribution in [2.24, 2.45) is 33.7 Å². The van der Waals surface area contributed by atoms with E-state index in [1.165, 1.54) is 7.05 Å². The van der Waals surface area contributed by atoms with Gasteiger partial charge in [0, 0.05) is 12.1 Å². The normalized spacial score (nSPS) is 50.9. The van der Waals surface area contributed by atoms with Crippen molar-refractivity contribution in [1.29, 1.82) is 0 Å². The van der Waals surface area contributed by atoms with Gasteiger partial charge in [-0.25, -0.2) is 9.38 Å². The first-order valence-electron chi connectivity index (χ1n) is 13.6. The molecule has 16 N–H and O–H groups in total. The van der Waals surface area contributed by atoms with Crippen molar-refractivity contribution in [3.05, 3.63) is 0 Å². The number of halogens is 1. The Morgan fingerprint density at radius 1 is 1.00 bits per heavy atom. The zero-order valence-electron chi connectivity index (χ0n) is 22.7. The molecule has 3 aliphatic heterocycles. The van der Waals surface area contributed by atoms with Crippen LogP contribution in [0, 0.1) is 0 Å². The number of guanidine groups is 1. The third kappa shape index (κ3) is 6.46. The van der Waals surface area contributed by atoms with Gasteiger partial charge in [-0.3, -0.25) is 0 Å². The van der Waals surface area contributed by atoms with Crippen LogP contribution in [-0.4, -0.2) is 149 Å². The summed E-state index contributed by atoms with van der Waals surface area (Å²) in [6.45, 7) is -0.821. The highest BCUT2D eigenvalue weighted by Crippen LogP contribution is 2.40. The van der Waals surface area contributed by atoms with Gasteiger partial charge in [0.2, 0.25) is 0 Å². The van der Waals surface area contributed by atoms with E-state index < -0.39 is 104 Å². The topological polar surface area (TPSA) is 302 Å². The van der Waals surface area contributed by atoms with Gasteiger partial charge in [0.25, 0.3) is 0 Å². The van der Waals surface area contributed by atoms with Crippen LogP contribution in [0.25, 0.3) is 0 Å². The summed E-state index contributed by atoms with van der Waals surface area (Å²) in [4.78, 5) is 3.82. The molecule has 0 aromatic carbocycles. The number of ether oxygens (including phenoxy) is 5. The minimum atomic E-state index is -1.87. The number of aliphatic hydroxyl groups is 5. The molecule has 16 atom stereocenters. The maximum absolute atomic E-state index is 14.9. The molecule has 4 rings (SSSR count). The Balaban J connectivity index is 1.45. The number of nitrogens with two attached hydrogens (primary N) is 5. The Bertz CT molecular complexity index is 909. The molecule has 0 aromatic heterocycles. The molecule has 3 heterocycles. The van der Waals surface area contributed by atoms with Crippen LogP contribution < -0.4 is 34.0 Å². The van der Waals surface area contributed by atoms with E-state index in [9.17, 15) is 29.9 Å². The molecule has 10 unspecified atom stereocenters. The molecule has 41 heavy (non-hydrogen) atoms. The number of hydrogen-bond donors (Lipinski definition) is 11. The molecule has 0 amide bonds. The van der Waals surface area contributed by atoms with Crippen molar-refractivity contribution < 1.29 is 53.6 Å². The van der Waals surface area contributed by atoms with E-state index in [0.717, 1.165) is 0 Å². The third-order valence-electron chi connectivity index (χ3n) is 8.35. The van der Waals surface area contributed by atoms with Crippen LogP contribution in [0.5, 0.6) is 0 Å². The molecule has 1 aliphatic carbocycles. The highest BCUT2D eigenvalue weighted by atomic mass is 19.1. The Morgan fingerprint density at radius 2 is 1.71 bits per heavy atom. The first-order valence-corrected chi connectivity index (χ1v) is 13.6. The largest absolute Gasteiger partial charge is 0.394 e. The van der Waals surface area contributed by atoms with Crippen LogP contribution in [0.2, 0.25) is 0 Å². The van der Waals surface area contributed by atoms with Gasteiger partial charge < -0.3 is 83.2 Å². The molecule has 238 valence electrons. The molecule has 4 aliphatic rings. The number of nitrogens with zero attached hydrogens (tertiary/aromatic N) is 1. The van der Waals surface area contributed by atoms with Gasteiger partial charge in [-0.05, 0) is 26.3 Å². The fourth-order valence-electron chi connectivity index (χ4n) is 5.91. The average molecular weight is 598 g/mol. The molecule has 0 radical (unpaired) electrons. The first kappa shape index (κ1) is 32.6. The predicted octanol–water partition coefficient (Wildman–Crippen LogP) is -6.27. The van der Waals surface area contributed by atoms with Crippen LogP contribution in [0.4, 0.5) is 4.39 Å². The SMILES string of the molecule is CNC1C(O[C@H]2OC(CO)[C@@H](N=C(N)N)C(O)C2O)OCC2(CCC(N)[C@@H](O[C@@H]3C(N)C[C@@H](N)C(O)[C@H]3F)O2)C1O. The summed E-state index contributed by atoms with van der Waals surface area (Å²) in [6.07, 6.45) is -13.4. The van der Waals surface area contributed by atoms with Gasteiger partial charge in [0.1, 0.15) is 48.3 Å². The van der Waals surface area contributed by atoms with E-state index in [2.05, 4.69) is 10.3 Å². The van der Waals surface area contributed by atoms with Crippen LogP contribution in [-0.2, 0) is 23.7 Å². The molecule has 18 heteroatoms. The molecular formula is C23H44FN7O10. The molecule has 3 saturated heterocycles. The smallest absolute Gasteiger partial charge is 0.189 e. The number of hydrogen-bond acceptors (Lipinski definition) is 15. The number of aliphatic hydroxyl groups excluding tert-OH is 5. The Kier molecular flexibility index (Phi) is 10.4. The summed E-state index contributed by atoms with van der Waals surface area (Å²) in [5, 5.41) is 55.4. The van der Waals surface area contributed by atoms with Crippen molar-refractivity contribution in [2.75, 3.05) is 20.3 Å². The minimum absolute atomic E-state index is 0.125. The van der Waals surface area contributed by atoms with E-state index in [1.54, 1.807) is 0 Å². The van der Waals surface area contributed by atoms with E-state index in [-0.39, 0.29) is 25.4 Å². The lowest BCUT2D eigenvalue weighted by atomic mass is 9.81. The van der Waals surface area contributed by atoms with E-state index in [1.807, 2.05) is 0 Å². The number of aliphatic imine (C=N–C) groups is 1. The molecule has 17 nitrogen and oxygen atoms in total. The monoisotopic (exact) mass is 597 g/mol. The van der Waals surface area contributed by atoms with Crippen LogP contribution in [0.3, 0.4) is 0 Å². The second kappa shape index (κ2) is 13.1. The maximum Gasteiger partial charge on any atom is 0.189 e. The number of likely N-dealkylation sites (N-methyl/N-ethyl adjacent to an activating group) is 1. The second-order valence-corrected chi connectivity index (χ2v) is 11.2. The van der Waals surface area contributed by atoms with Crippen molar-refractivity contribution in [3.63, 3.8) is 0 Å². The van der Waals surface area contributed by atoms with E-state index >= 15 is 0 Å². The summed E-state index contributed by atoms with van der Waals surface area (Å²) in [6, 6.07) is -4.47. The van der Waals surface area contributed by atoms with E-state index in [0.29, 0.717) is 6.42 Å². The van der Waals surface area contributed by atoms with E-state index in [4.69, 9.17) is 52.4 Å². The summed E-state index contributed by atoms with van der Waals surface area (Å²) < 4.78 is 44.3. The Labute approximate surface area is 236 Å². The Hall–Kier alpha value is -1.36.